The summed E-state index contributed by atoms with van der Waals surface area (Å²) in [6.45, 7) is 1.74. The number of hydrogen-bond acceptors (Lipinski definition) is 5. The lowest BCUT2D eigenvalue weighted by Gasteiger charge is -2.44. The molecular formula is C10H13N3O3S2. The van der Waals surface area contributed by atoms with E-state index in [1.165, 1.54) is 16.7 Å². The first kappa shape index (κ1) is 13.4. The van der Waals surface area contributed by atoms with E-state index in [-0.39, 0.29) is 35.4 Å². The number of thiol groups is 1. The third-order valence-corrected chi connectivity index (χ3v) is 4.54. The van der Waals surface area contributed by atoms with Crippen molar-refractivity contribution in [1.82, 2.24) is 4.90 Å². The molecule has 1 saturated heterocycles. The van der Waals surface area contributed by atoms with Gasteiger partial charge in [0, 0.05) is 10.9 Å². The number of amides is 2. The van der Waals surface area contributed by atoms with Crippen LogP contribution < -0.4 is 11.5 Å². The quantitative estimate of drug-likeness (QED) is 0.473. The van der Waals surface area contributed by atoms with Crippen LogP contribution in [0.15, 0.2) is 10.6 Å². The van der Waals surface area contributed by atoms with Crippen molar-refractivity contribution in [2.24, 2.45) is 17.4 Å². The number of thioether (sulfide) groups is 1. The Hall–Kier alpha value is -0.990. The van der Waals surface area contributed by atoms with Crippen LogP contribution >= 0.6 is 24.4 Å². The van der Waals surface area contributed by atoms with Gasteiger partial charge in [-0.15, -0.1) is 11.8 Å². The molecule has 0 aromatic heterocycles. The molecule has 0 aliphatic carbocycles. The largest absolute Gasteiger partial charge is 0.369 e. The number of primary amides is 1. The Morgan fingerprint density at radius 3 is 2.61 bits per heavy atom. The number of rotatable bonds is 4. The summed E-state index contributed by atoms with van der Waals surface area (Å²) in [5.74, 6) is -1.07. The first-order chi connectivity index (χ1) is 8.34. The van der Waals surface area contributed by atoms with Crippen molar-refractivity contribution >= 4 is 41.3 Å². The van der Waals surface area contributed by atoms with E-state index in [4.69, 9.17) is 11.5 Å². The van der Waals surface area contributed by atoms with E-state index >= 15 is 0 Å². The predicted octanol–water partition coefficient (Wildman–Crippen LogP) is -0.592. The minimum absolute atomic E-state index is 0.0573. The van der Waals surface area contributed by atoms with Gasteiger partial charge in [0.1, 0.15) is 11.1 Å². The smallest absolute Gasteiger partial charge is 0.235 e. The maximum atomic E-state index is 11.9. The molecule has 2 unspecified atom stereocenters. The molecule has 0 spiro atoms. The van der Waals surface area contributed by atoms with Gasteiger partial charge in [0.2, 0.25) is 16.9 Å². The molecule has 0 aromatic carbocycles. The third-order valence-electron chi connectivity index (χ3n) is 2.96. The Morgan fingerprint density at radius 1 is 1.56 bits per heavy atom. The molecule has 2 aliphatic rings. The van der Waals surface area contributed by atoms with Gasteiger partial charge >= 0.3 is 0 Å². The van der Waals surface area contributed by atoms with Crippen LogP contribution in [0, 0.1) is 5.92 Å². The standard InChI is InChI=1S/C10H13N3O3S2/c1-3(11)6-8(15)13-7(10(16)17)4(2-5(12)14)18-9(6)13/h3,6,9H,2,11H2,1H3,(H2,12,14)(H,16,17)/t3?,6?,9-/m1/s1. The second-order valence-corrected chi connectivity index (χ2v) is 5.94. The Kier molecular flexibility index (Phi) is 3.43. The lowest BCUT2D eigenvalue weighted by atomic mass is 9.91. The summed E-state index contributed by atoms with van der Waals surface area (Å²) in [6, 6.07) is -0.296. The molecule has 2 rings (SSSR count). The highest BCUT2D eigenvalue weighted by molar-refractivity contribution is 8.04. The topological polar surface area (TPSA) is 106 Å². The number of nitrogens with two attached hydrogens (primary N) is 2. The van der Waals surface area contributed by atoms with E-state index in [0.29, 0.717) is 4.91 Å². The molecule has 3 atom stereocenters. The molecule has 0 bridgehead atoms. The lowest BCUT2D eigenvalue weighted by Crippen LogP contribution is -2.62. The second kappa shape index (κ2) is 4.60. The molecular weight excluding hydrogens is 274 g/mol. The highest BCUT2D eigenvalue weighted by Crippen LogP contribution is 2.51. The summed E-state index contributed by atoms with van der Waals surface area (Å²) in [6.07, 6.45) is -0.0573. The fourth-order valence-electron chi connectivity index (χ4n) is 2.18. The van der Waals surface area contributed by atoms with Crippen LogP contribution in [0.25, 0.3) is 0 Å². The monoisotopic (exact) mass is 287 g/mol. The van der Waals surface area contributed by atoms with Crippen molar-refractivity contribution < 1.29 is 14.4 Å². The van der Waals surface area contributed by atoms with Crippen LogP contribution in [0.4, 0.5) is 0 Å². The number of β-lactam (4-membered cyclic amide) rings is 1. The Labute approximate surface area is 114 Å². The maximum absolute atomic E-state index is 11.9. The average molecular weight is 287 g/mol. The first-order valence-corrected chi connectivity index (χ1v) is 6.67. The summed E-state index contributed by atoms with van der Waals surface area (Å²) in [7, 11) is 0. The van der Waals surface area contributed by atoms with Crippen molar-refractivity contribution in [3.05, 3.63) is 10.6 Å². The van der Waals surface area contributed by atoms with Crippen molar-refractivity contribution in [2.75, 3.05) is 0 Å². The minimum Gasteiger partial charge on any atom is -0.369 e. The summed E-state index contributed by atoms with van der Waals surface area (Å²) in [5.41, 5.74) is 11.0. The summed E-state index contributed by atoms with van der Waals surface area (Å²) < 4.78 is 0. The second-order valence-electron chi connectivity index (χ2n) is 4.32. The number of carbonyl (C=O) groups excluding carboxylic acids is 3. The first-order valence-electron chi connectivity index (χ1n) is 5.34. The van der Waals surface area contributed by atoms with Gasteiger partial charge in [0.15, 0.2) is 0 Å². The van der Waals surface area contributed by atoms with Crippen molar-refractivity contribution in [3.8, 4) is 0 Å². The average Bonchev–Trinajstić information content (AvgIpc) is 2.51. The van der Waals surface area contributed by atoms with Crippen LogP contribution in [0.2, 0.25) is 0 Å². The van der Waals surface area contributed by atoms with Crippen LogP contribution in [0.5, 0.6) is 0 Å². The highest BCUT2D eigenvalue weighted by Gasteiger charge is 2.56. The fraction of sp³-hybridized carbons (Fsp3) is 0.500. The summed E-state index contributed by atoms with van der Waals surface area (Å²) in [5, 5.41) is -0.740. The van der Waals surface area contributed by atoms with Gasteiger partial charge in [0.25, 0.3) is 0 Å². The van der Waals surface area contributed by atoms with Gasteiger partial charge in [-0.2, -0.15) is 0 Å². The van der Waals surface area contributed by atoms with E-state index in [9.17, 15) is 14.4 Å². The molecule has 4 N–H and O–H groups in total. The molecule has 2 amide bonds. The van der Waals surface area contributed by atoms with Crippen molar-refractivity contribution in [3.63, 3.8) is 0 Å². The van der Waals surface area contributed by atoms with Gasteiger partial charge in [-0.3, -0.25) is 19.3 Å². The van der Waals surface area contributed by atoms with E-state index in [1.807, 2.05) is 0 Å². The van der Waals surface area contributed by atoms with Gasteiger partial charge in [-0.25, -0.2) is 0 Å². The number of fused-ring (bicyclic) bond motifs is 1. The molecule has 8 heteroatoms. The van der Waals surface area contributed by atoms with Crippen LogP contribution in [-0.2, 0) is 14.4 Å². The van der Waals surface area contributed by atoms with Crippen molar-refractivity contribution in [2.45, 2.75) is 24.8 Å². The normalized spacial score (nSPS) is 27.9. The van der Waals surface area contributed by atoms with E-state index < -0.39 is 11.0 Å². The molecule has 0 aromatic rings. The lowest BCUT2D eigenvalue weighted by molar-refractivity contribution is -0.148. The maximum Gasteiger partial charge on any atom is 0.235 e. The zero-order chi connectivity index (χ0) is 13.6. The van der Waals surface area contributed by atoms with Crippen molar-refractivity contribution in [1.29, 1.82) is 0 Å². The van der Waals surface area contributed by atoms with Gasteiger partial charge in [-0.1, -0.05) is 12.6 Å². The molecule has 2 aliphatic heterocycles. The van der Waals surface area contributed by atoms with Crippen LogP contribution in [0.3, 0.4) is 0 Å². The SMILES string of the molecule is CC(N)C1C(=O)N2C(C(=O)S)=C(CC(N)=O)S[C@H]12. The van der Waals surface area contributed by atoms with Crippen LogP contribution in [-0.4, -0.2) is 33.2 Å². The molecule has 98 valence electrons. The zero-order valence-corrected chi connectivity index (χ0v) is 11.3. The zero-order valence-electron chi connectivity index (χ0n) is 9.62. The molecule has 1 fully saturated rings. The Balaban J connectivity index is 2.29. The molecule has 2 heterocycles. The van der Waals surface area contributed by atoms with Gasteiger partial charge in [0.05, 0.1) is 12.3 Å². The molecule has 6 nitrogen and oxygen atoms in total. The third kappa shape index (κ3) is 1.94. The molecule has 0 radical (unpaired) electrons. The number of carbonyl (C=O) groups is 3. The van der Waals surface area contributed by atoms with E-state index in [2.05, 4.69) is 12.6 Å². The number of nitrogens with zero attached hydrogens (tertiary/aromatic N) is 1. The van der Waals surface area contributed by atoms with E-state index in [1.54, 1.807) is 6.92 Å². The number of hydrogen-bond donors (Lipinski definition) is 3. The fourth-order valence-corrected chi connectivity index (χ4v) is 4.14. The Morgan fingerprint density at radius 2 is 2.17 bits per heavy atom. The molecule has 0 saturated carbocycles. The summed E-state index contributed by atoms with van der Waals surface area (Å²) >= 11 is 5.04. The highest BCUT2D eigenvalue weighted by atomic mass is 32.2. The van der Waals surface area contributed by atoms with E-state index in [0.717, 1.165) is 0 Å². The Bertz CT molecular complexity index is 475. The predicted molar refractivity (Wildman–Crippen MR) is 70.2 cm³/mol. The van der Waals surface area contributed by atoms with Gasteiger partial charge in [-0.05, 0) is 6.92 Å². The van der Waals surface area contributed by atoms with Crippen LogP contribution in [0.1, 0.15) is 13.3 Å². The summed E-state index contributed by atoms with van der Waals surface area (Å²) in [4.78, 5) is 36.2. The molecule has 18 heavy (non-hydrogen) atoms. The minimum atomic E-state index is -0.545. The van der Waals surface area contributed by atoms with Gasteiger partial charge < -0.3 is 11.5 Å².